The van der Waals surface area contributed by atoms with Gasteiger partial charge < -0.3 is 0 Å². The summed E-state index contributed by atoms with van der Waals surface area (Å²) < 4.78 is 0. The van der Waals surface area contributed by atoms with Crippen molar-refractivity contribution in [1.82, 2.24) is 4.98 Å². The molecule has 1 aromatic rings. The normalized spacial score (nSPS) is 9.71. The molecule has 0 atom stereocenters. The van der Waals surface area contributed by atoms with Crippen molar-refractivity contribution in [3.8, 4) is 0 Å². The fourth-order valence-electron chi connectivity index (χ4n) is 1.29. The topological polar surface area (TPSA) is 30.0 Å². The Balaban J connectivity index is 3.08. The van der Waals surface area contributed by atoms with E-state index in [1.165, 1.54) is 0 Å². The summed E-state index contributed by atoms with van der Waals surface area (Å²) in [7, 11) is 0. The second-order valence-corrected chi connectivity index (χ2v) is 3.73. The van der Waals surface area contributed by atoms with E-state index in [2.05, 4.69) is 4.98 Å². The summed E-state index contributed by atoms with van der Waals surface area (Å²) in [4.78, 5) is 15.8. The molecule has 0 spiro atoms. The van der Waals surface area contributed by atoms with Gasteiger partial charge in [-0.1, -0.05) is 5.57 Å². The van der Waals surface area contributed by atoms with E-state index in [4.69, 9.17) is 0 Å². The van der Waals surface area contributed by atoms with Gasteiger partial charge in [0.25, 0.3) is 0 Å². The van der Waals surface area contributed by atoms with E-state index in [-0.39, 0.29) is 5.78 Å². The molecule has 0 amide bonds. The Bertz CT molecular complexity index is 387. The molecule has 2 heteroatoms. The van der Waals surface area contributed by atoms with Crippen LogP contribution < -0.4 is 0 Å². The molecule has 74 valence electrons. The molecule has 0 N–H and O–H groups in total. The maximum atomic E-state index is 11.7. The lowest BCUT2D eigenvalue weighted by molar-refractivity contribution is 0.104. The first-order valence-corrected chi connectivity index (χ1v) is 4.63. The molecule has 0 saturated carbocycles. The van der Waals surface area contributed by atoms with Gasteiger partial charge in [0, 0.05) is 17.5 Å². The van der Waals surface area contributed by atoms with E-state index >= 15 is 0 Å². The molecule has 14 heavy (non-hydrogen) atoms. The van der Waals surface area contributed by atoms with Crippen molar-refractivity contribution in [3.05, 3.63) is 40.7 Å². The Labute approximate surface area is 84.7 Å². The Morgan fingerprint density at radius 2 is 2.00 bits per heavy atom. The molecule has 0 aliphatic rings. The molecule has 0 unspecified atom stereocenters. The smallest absolute Gasteiger partial charge is 0.187 e. The third kappa shape index (κ3) is 2.52. The van der Waals surface area contributed by atoms with Crippen molar-refractivity contribution < 1.29 is 4.79 Å². The van der Waals surface area contributed by atoms with Gasteiger partial charge in [0.05, 0.1) is 0 Å². The molecule has 0 radical (unpaired) electrons. The molecular weight excluding hydrogens is 174 g/mol. The molecule has 1 heterocycles. The maximum Gasteiger partial charge on any atom is 0.187 e. The quantitative estimate of drug-likeness (QED) is 0.529. The van der Waals surface area contributed by atoms with E-state index in [0.29, 0.717) is 5.56 Å². The van der Waals surface area contributed by atoms with Gasteiger partial charge in [-0.2, -0.15) is 0 Å². The Morgan fingerprint density at radius 3 is 2.50 bits per heavy atom. The number of rotatable bonds is 2. The summed E-state index contributed by atoms with van der Waals surface area (Å²) in [5.41, 5.74) is 3.63. The van der Waals surface area contributed by atoms with Crippen LogP contribution in [-0.4, -0.2) is 10.8 Å². The SMILES string of the molecule is CC(C)=CC(=O)c1cnc(C)cc1C. The Kier molecular flexibility index (Phi) is 3.18. The monoisotopic (exact) mass is 189 g/mol. The van der Waals surface area contributed by atoms with Crippen LogP contribution in [0.15, 0.2) is 23.9 Å². The van der Waals surface area contributed by atoms with Gasteiger partial charge in [-0.3, -0.25) is 9.78 Å². The zero-order valence-corrected chi connectivity index (χ0v) is 9.09. The predicted molar refractivity (Wildman–Crippen MR) is 57.5 cm³/mol. The van der Waals surface area contributed by atoms with Crippen molar-refractivity contribution in [2.24, 2.45) is 0 Å². The van der Waals surface area contributed by atoms with Crippen molar-refractivity contribution in [2.75, 3.05) is 0 Å². The largest absolute Gasteiger partial charge is 0.289 e. The fourth-order valence-corrected chi connectivity index (χ4v) is 1.29. The van der Waals surface area contributed by atoms with Crippen molar-refractivity contribution in [2.45, 2.75) is 27.7 Å². The van der Waals surface area contributed by atoms with Gasteiger partial charge in [0.1, 0.15) is 0 Å². The zero-order valence-electron chi connectivity index (χ0n) is 9.09. The Hall–Kier alpha value is -1.44. The second-order valence-electron chi connectivity index (χ2n) is 3.73. The average molecular weight is 189 g/mol. The van der Waals surface area contributed by atoms with E-state index in [1.807, 2.05) is 33.8 Å². The van der Waals surface area contributed by atoms with Crippen LogP contribution in [0.2, 0.25) is 0 Å². The van der Waals surface area contributed by atoms with Crippen LogP contribution in [0.3, 0.4) is 0 Å². The number of nitrogens with zero attached hydrogens (tertiary/aromatic N) is 1. The van der Waals surface area contributed by atoms with Crippen LogP contribution in [-0.2, 0) is 0 Å². The van der Waals surface area contributed by atoms with Gasteiger partial charge in [0.2, 0.25) is 0 Å². The number of carbonyl (C=O) groups excluding carboxylic acids is 1. The summed E-state index contributed by atoms with van der Waals surface area (Å²) in [6.45, 7) is 7.67. The van der Waals surface area contributed by atoms with Gasteiger partial charge in [0.15, 0.2) is 5.78 Å². The number of hydrogen-bond acceptors (Lipinski definition) is 2. The summed E-state index contributed by atoms with van der Waals surface area (Å²) in [5, 5.41) is 0. The van der Waals surface area contributed by atoms with Crippen LogP contribution >= 0.6 is 0 Å². The lowest BCUT2D eigenvalue weighted by atomic mass is 10.1. The molecule has 1 aromatic heterocycles. The number of ketones is 1. The summed E-state index contributed by atoms with van der Waals surface area (Å²) in [6, 6.07) is 1.92. The van der Waals surface area contributed by atoms with Gasteiger partial charge in [-0.15, -0.1) is 0 Å². The van der Waals surface area contributed by atoms with E-state index in [0.717, 1.165) is 16.8 Å². The van der Waals surface area contributed by atoms with Crippen molar-refractivity contribution in [1.29, 1.82) is 0 Å². The number of allylic oxidation sites excluding steroid dienone is 2. The molecule has 0 aliphatic heterocycles. The van der Waals surface area contributed by atoms with Crippen LogP contribution in [0.25, 0.3) is 0 Å². The molecular formula is C12H15NO. The molecule has 0 aromatic carbocycles. The van der Waals surface area contributed by atoms with Crippen LogP contribution in [0.5, 0.6) is 0 Å². The lowest BCUT2D eigenvalue weighted by Crippen LogP contribution is -2.00. The molecule has 0 saturated heterocycles. The van der Waals surface area contributed by atoms with E-state index < -0.39 is 0 Å². The maximum absolute atomic E-state index is 11.7. The van der Waals surface area contributed by atoms with Gasteiger partial charge in [-0.05, 0) is 45.4 Å². The minimum Gasteiger partial charge on any atom is -0.289 e. The van der Waals surface area contributed by atoms with Gasteiger partial charge >= 0.3 is 0 Å². The first-order valence-electron chi connectivity index (χ1n) is 4.63. The molecule has 0 fully saturated rings. The molecule has 2 nitrogen and oxygen atoms in total. The third-order valence-corrected chi connectivity index (χ3v) is 1.93. The highest BCUT2D eigenvalue weighted by atomic mass is 16.1. The highest BCUT2D eigenvalue weighted by molar-refractivity contribution is 6.05. The summed E-state index contributed by atoms with van der Waals surface area (Å²) in [5.74, 6) is 0.0370. The standard InChI is InChI=1S/C12H15NO/c1-8(2)5-12(14)11-7-13-10(4)6-9(11)3/h5-7H,1-4H3. The van der Waals surface area contributed by atoms with E-state index in [1.54, 1.807) is 12.3 Å². The number of pyridine rings is 1. The number of aromatic nitrogens is 1. The van der Waals surface area contributed by atoms with Crippen molar-refractivity contribution >= 4 is 5.78 Å². The first-order chi connectivity index (χ1) is 6.50. The minimum atomic E-state index is 0.0370. The zero-order chi connectivity index (χ0) is 10.7. The number of hydrogen-bond donors (Lipinski definition) is 0. The molecule has 1 rings (SSSR count). The Morgan fingerprint density at radius 1 is 1.36 bits per heavy atom. The molecule has 0 bridgehead atoms. The lowest BCUT2D eigenvalue weighted by Gasteiger charge is -2.02. The minimum absolute atomic E-state index is 0.0370. The van der Waals surface area contributed by atoms with Crippen molar-refractivity contribution in [3.63, 3.8) is 0 Å². The first kappa shape index (κ1) is 10.6. The highest BCUT2D eigenvalue weighted by Gasteiger charge is 2.06. The molecule has 0 aliphatic carbocycles. The summed E-state index contributed by atoms with van der Waals surface area (Å²) >= 11 is 0. The average Bonchev–Trinajstić information content (AvgIpc) is 2.01. The third-order valence-electron chi connectivity index (χ3n) is 1.93. The van der Waals surface area contributed by atoms with Crippen LogP contribution in [0, 0.1) is 13.8 Å². The predicted octanol–water partition coefficient (Wildman–Crippen LogP) is 2.85. The van der Waals surface area contributed by atoms with Crippen LogP contribution in [0.1, 0.15) is 35.5 Å². The van der Waals surface area contributed by atoms with Crippen LogP contribution in [0.4, 0.5) is 0 Å². The highest BCUT2D eigenvalue weighted by Crippen LogP contribution is 2.10. The second kappa shape index (κ2) is 4.18. The summed E-state index contributed by atoms with van der Waals surface area (Å²) in [6.07, 6.45) is 3.28. The van der Waals surface area contributed by atoms with E-state index in [9.17, 15) is 4.79 Å². The van der Waals surface area contributed by atoms with Gasteiger partial charge in [-0.25, -0.2) is 0 Å². The fraction of sp³-hybridized carbons (Fsp3) is 0.333. The number of carbonyl (C=O) groups is 1. The number of aryl methyl sites for hydroxylation is 2.